The summed E-state index contributed by atoms with van der Waals surface area (Å²) in [5.74, 6) is -0.234. The molecule has 0 unspecified atom stereocenters. The van der Waals surface area contributed by atoms with E-state index in [2.05, 4.69) is 37.0 Å². The van der Waals surface area contributed by atoms with Crippen molar-refractivity contribution in [3.05, 3.63) is 40.4 Å². The van der Waals surface area contributed by atoms with Gasteiger partial charge < -0.3 is 4.74 Å². The lowest BCUT2D eigenvalue weighted by Gasteiger charge is -2.19. The first kappa shape index (κ1) is 15.7. The van der Waals surface area contributed by atoms with Gasteiger partial charge in [0.2, 0.25) is 0 Å². The molecule has 2 aromatic rings. The SMILES string of the molecule is CCOC(=O)C(C)(C)c1csc(-c2ccc(C)cc2C)n1. The van der Waals surface area contributed by atoms with Crippen molar-refractivity contribution in [3.63, 3.8) is 0 Å². The number of thiazole rings is 1. The van der Waals surface area contributed by atoms with E-state index in [9.17, 15) is 4.79 Å². The van der Waals surface area contributed by atoms with E-state index in [1.807, 2.05) is 26.2 Å². The number of hydrogen-bond acceptors (Lipinski definition) is 4. The molecule has 0 saturated heterocycles. The Morgan fingerprint density at radius 3 is 2.67 bits per heavy atom. The van der Waals surface area contributed by atoms with Crippen molar-refractivity contribution < 1.29 is 9.53 Å². The first-order chi connectivity index (χ1) is 9.86. The predicted molar refractivity (Wildman–Crippen MR) is 86.7 cm³/mol. The third-order valence-electron chi connectivity index (χ3n) is 3.54. The van der Waals surface area contributed by atoms with Crippen molar-refractivity contribution in [1.29, 1.82) is 0 Å². The zero-order chi connectivity index (χ0) is 15.6. The molecule has 0 aliphatic heterocycles. The van der Waals surface area contributed by atoms with Gasteiger partial charge in [0.15, 0.2) is 0 Å². The molecule has 0 spiro atoms. The minimum absolute atomic E-state index is 0.234. The molecule has 0 N–H and O–H groups in total. The number of carbonyl (C=O) groups excluding carboxylic acids is 1. The number of aryl methyl sites for hydroxylation is 2. The summed E-state index contributed by atoms with van der Waals surface area (Å²) < 4.78 is 5.14. The molecule has 0 aliphatic carbocycles. The zero-order valence-electron chi connectivity index (χ0n) is 13.2. The van der Waals surface area contributed by atoms with Crippen molar-refractivity contribution in [2.24, 2.45) is 0 Å². The summed E-state index contributed by atoms with van der Waals surface area (Å²) in [5.41, 5.74) is 3.60. The fraction of sp³-hybridized carbons (Fsp3) is 0.412. The average Bonchev–Trinajstić information content (AvgIpc) is 2.89. The van der Waals surface area contributed by atoms with Crippen molar-refractivity contribution in [2.45, 2.75) is 40.0 Å². The van der Waals surface area contributed by atoms with Gasteiger partial charge in [-0.05, 0) is 40.2 Å². The van der Waals surface area contributed by atoms with E-state index in [1.165, 1.54) is 11.1 Å². The van der Waals surface area contributed by atoms with Gasteiger partial charge in [0.25, 0.3) is 0 Å². The van der Waals surface area contributed by atoms with Gasteiger partial charge >= 0.3 is 5.97 Å². The highest BCUT2D eigenvalue weighted by Gasteiger charge is 2.34. The third kappa shape index (κ3) is 3.16. The van der Waals surface area contributed by atoms with E-state index in [1.54, 1.807) is 11.3 Å². The molecular formula is C17H21NO2S. The summed E-state index contributed by atoms with van der Waals surface area (Å²) in [6.45, 7) is 10.1. The van der Waals surface area contributed by atoms with Crippen LogP contribution in [-0.4, -0.2) is 17.6 Å². The Balaban J connectivity index is 2.35. The van der Waals surface area contributed by atoms with E-state index < -0.39 is 5.41 Å². The monoisotopic (exact) mass is 303 g/mol. The highest BCUT2D eigenvalue weighted by Crippen LogP contribution is 2.32. The van der Waals surface area contributed by atoms with Gasteiger partial charge in [-0.15, -0.1) is 11.3 Å². The van der Waals surface area contributed by atoms with Gasteiger partial charge in [0, 0.05) is 10.9 Å². The largest absolute Gasteiger partial charge is 0.465 e. The predicted octanol–water partition coefficient (Wildman–Crippen LogP) is 4.27. The molecule has 0 bridgehead atoms. The fourth-order valence-electron chi connectivity index (χ4n) is 2.15. The van der Waals surface area contributed by atoms with Gasteiger partial charge in [0.05, 0.1) is 12.3 Å². The molecule has 1 aromatic heterocycles. The molecule has 21 heavy (non-hydrogen) atoms. The number of carbonyl (C=O) groups is 1. The summed E-state index contributed by atoms with van der Waals surface area (Å²) >= 11 is 1.57. The summed E-state index contributed by atoms with van der Waals surface area (Å²) in [7, 11) is 0. The number of benzene rings is 1. The van der Waals surface area contributed by atoms with Crippen LogP contribution in [0.5, 0.6) is 0 Å². The Labute approximate surface area is 130 Å². The van der Waals surface area contributed by atoms with Crippen molar-refractivity contribution >= 4 is 17.3 Å². The second-order valence-electron chi connectivity index (χ2n) is 5.70. The van der Waals surface area contributed by atoms with Crippen LogP contribution in [0.25, 0.3) is 10.6 Å². The lowest BCUT2D eigenvalue weighted by molar-refractivity contribution is -0.148. The Bertz CT molecular complexity index is 659. The first-order valence-corrected chi connectivity index (χ1v) is 7.95. The molecule has 1 heterocycles. The van der Waals surface area contributed by atoms with E-state index in [4.69, 9.17) is 4.74 Å². The number of ether oxygens (including phenoxy) is 1. The molecule has 3 nitrogen and oxygen atoms in total. The number of hydrogen-bond donors (Lipinski definition) is 0. The summed E-state index contributed by atoms with van der Waals surface area (Å²) in [5, 5.41) is 2.89. The van der Waals surface area contributed by atoms with Gasteiger partial charge in [-0.2, -0.15) is 0 Å². The smallest absolute Gasteiger partial charge is 0.317 e. The van der Waals surface area contributed by atoms with Crippen LogP contribution >= 0.6 is 11.3 Å². The van der Waals surface area contributed by atoms with Crippen LogP contribution in [0.1, 0.15) is 37.6 Å². The molecule has 1 aromatic carbocycles. The third-order valence-corrected chi connectivity index (χ3v) is 4.42. The van der Waals surface area contributed by atoms with Crippen LogP contribution in [0.3, 0.4) is 0 Å². The van der Waals surface area contributed by atoms with Crippen LogP contribution in [0, 0.1) is 13.8 Å². The molecule has 0 radical (unpaired) electrons. The maximum atomic E-state index is 12.1. The number of esters is 1. The summed E-state index contributed by atoms with van der Waals surface area (Å²) in [4.78, 5) is 16.7. The molecule has 0 atom stereocenters. The second-order valence-corrected chi connectivity index (χ2v) is 6.56. The van der Waals surface area contributed by atoms with Gasteiger partial charge in [0.1, 0.15) is 10.4 Å². The normalized spacial score (nSPS) is 11.5. The lowest BCUT2D eigenvalue weighted by Crippen LogP contribution is -2.31. The average molecular weight is 303 g/mol. The highest BCUT2D eigenvalue weighted by molar-refractivity contribution is 7.13. The molecule has 0 saturated carbocycles. The van der Waals surface area contributed by atoms with Crippen LogP contribution in [0.4, 0.5) is 0 Å². The summed E-state index contributed by atoms with van der Waals surface area (Å²) in [6.07, 6.45) is 0. The molecule has 0 aliphatic rings. The minimum Gasteiger partial charge on any atom is -0.465 e. The molecule has 0 amide bonds. The summed E-state index contributed by atoms with van der Waals surface area (Å²) in [6, 6.07) is 6.32. The fourth-order valence-corrected chi connectivity index (χ4v) is 3.23. The van der Waals surface area contributed by atoms with Gasteiger partial charge in [-0.25, -0.2) is 4.98 Å². The Hall–Kier alpha value is -1.68. The molecule has 4 heteroatoms. The molecular weight excluding hydrogens is 282 g/mol. The first-order valence-electron chi connectivity index (χ1n) is 7.07. The lowest BCUT2D eigenvalue weighted by atomic mass is 9.90. The minimum atomic E-state index is -0.719. The quantitative estimate of drug-likeness (QED) is 0.792. The number of rotatable bonds is 4. The van der Waals surface area contributed by atoms with Crippen LogP contribution in [-0.2, 0) is 14.9 Å². The van der Waals surface area contributed by atoms with Crippen molar-refractivity contribution in [1.82, 2.24) is 4.98 Å². The Morgan fingerprint density at radius 2 is 2.05 bits per heavy atom. The van der Waals surface area contributed by atoms with Crippen molar-refractivity contribution in [2.75, 3.05) is 6.61 Å². The zero-order valence-corrected chi connectivity index (χ0v) is 14.0. The van der Waals surface area contributed by atoms with Crippen LogP contribution in [0.2, 0.25) is 0 Å². The Kier molecular flexibility index (Phi) is 4.47. The number of aromatic nitrogens is 1. The van der Waals surface area contributed by atoms with Crippen LogP contribution < -0.4 is 0 Å². The van der Waals surface area contributed by atoms with Crippen molar-refractivity contribution in [3.8, 4) is 10.6 Å². The number of nitrogens with zero attached hydrogens (tertiary/aromatic N) is 1. The maximum absolute atomic E-state index is 12.1. The standard InChI is InChI=1S/C17H21NO2S/c1-6-20-16(19)17(4,5)14-10-21-15(18-14)13-8-7-11(2)9-12(13)3/h7-10H,6H2,1-5H3. The van der Waals surface area contributed by atoms with Gasteiger partial charge in [-0.1, -0.05) is 23.8 Å². The highest BCUT2D eigenvalue weighted by atomic mass is 32.1. The molecule has 112 valence electrons. The van der Waals surface area contributed by atoms with E-state index in [0.29, 0.717) is 6.61 Å². The molecule has 0 fully saturated rings. The van der Waals surface area contributed by atoms with Crippen LogP contribution in [0.15, 0.2) is 23.6 Å². The Morgan fingerprint density at radius 1 is 1.33 bits per heavy atom. The van der Waals surface area contributed by atoms with E-state index >= 15 is 0 Å². The second kappa shape index (κ2) is 5.98. The molecule has 2 rings (SSSR count). The van der Waals surface area contributed by atoms with Gasteiger partial charge in [-0.3, -0.25) is 4.79 Å². The van der Waals surface area contributed by atoms with E-state index in [0.717, 1.165) is 16.3 Å². The topological polar surface area (TPSA) is 39.2 Å². The van der Waals surface area contributed by atoms with E-state index in [-0.39, 0.29) is 5.97 Å². The maximum Gasteiger partial charge on any atom is 0.317 e.